The van der Waals surface area contributed by atoms with Crippen LogP contribution in [-0.2, 0) is 4.79 Å². The van der Waals surface area contributed by atoms with Gasteiger partial charge in [0.1, 0.15) is 0 Å². The number of thiazole rings is 1. The quantitative estimate of drug-likeness (QED) is 0.659. The number of hydrogen-bond donors (Lipinski definition) is 2. The van der Waals surface area contributed by atoms with Crippen LogP contribution in [0.2, 0.25) is 0 Å². The van der Waals surface area contributed by atoms with Crippen molar-refractivity contribution in [1.82, 2.24) is 10.3 Å². The second kappa shape index (κ2) is 6.82. The molecule has 1 amide bonds. The topological polar surface area (TPSA) is 62.2 Å². The molecule has 0 bridgehead atoms. The lowest BCUT2D eigenvalue weighted by Crippen LogP contribution is -2.41. The predicted octanol–water partition coefficient (Wildman–Crippen LogP) is 2.27. The Morgan fingerprint density at radius 2 is 2.26 bits per heavy atom. The molecule has 0 saturated heterocycles. The summed E-state index contributed by atoms with van der Waals surface area (Å²) in [5, 5.41) is 15.7. The molecule has 0 aliphatic heterocycles. The molecule has 2 unspecified atom stereocenters. The summed E-state index contributed by atoms with van der Waals surface area (Å²) < 4.78 is 0. The zero-order valence-corrected chi connectivity index (χ0v) is 11.9. The van der Waals surface area contributed by atoms with Crippen molar-refractivity contribution in [2.45, 2.75) is 51.2 Å². The summed E-state index contributed by atoms with van der Waals surface area (Å²) in [6.07, 6.45) is 7.67. The van der Waals surface area contributed by atoms with Crippen LogP contribution in [0.1, 0.15) is 42.8 Å². The van der Waals surface area contributed by atoms with E-state index >= 15 is 0 Å². The number of aromatic nitrogens is 1. The fourth-order valence-corrected chi connectivity index (χ4v) is 2.89. The van der Waals surface area contributed by atoms with E-state index in [1.165, 1.54) is 6.08 Å². The smallest absolute Gasteiger partial charge is 0.244 e. The van der Waals surface area contributed by atoms with Crippen LogP contribution in [0.15, 0.2) is 11.5 Å². The third kappa shape index (κ3) is 4.44. The molecule has 0 spiro atoms. The highest BCUT2D eigenvalue weighted by atomic mass is 32.1. The molecule has 1 saturated carbocycles. The van der Waals surface area contributed by atoms with Gasteiger partial charge in [-0.3, -0.25) is 4.79 Å². The molecule has 2 rings (SSSR count). The molecule has 2 atom stereocenters. The van der Waals surface area contributed by atoms with Gasteiger partial charge in [0.05, 0.1) is 22.8 Å². The Morgan fingerprint density at radius 3 is 3.00 bits per heavy atom. The number of aliphatic hydroxyl groups is 1. The highest BCUT2D eigenvalue weighted by Gasteiger charge is 2.22. The lowest BCUT2D eigenvalue weighted by atomic mass is 10.1. The minimum atomic E-state index is -0.415. The Balaban J connectivity index is 1.87. The first kappa shape index (κ1) is 14.2. The number of carbonyl (C=O) groups excluding carboxylic acids is 1. The lowest BCUT2D eigenvalue weighted by molar-refractivity contribution is -0.118. The summed E-state index contributed by atoms with van der Waals surface area (Å²) in [5.74, 6) is -0.156. The highest BCUT2D eigenvalue weighted by molar-refractivity contribution is 7.09. The first-order chi connectivity index (χ1) is 9.15. The molecule has 1 fully saturated rings. The van der Waals surface area contributed by atoms with Crippen LogP contribution in [0, 0.1) is 6.92 Å². The maximum Gasteiger partial charge on any atom is 0.244 e. The third-order valence-electron chi connectivity index (χ3n) is 3.35. The Kier molecular flexibility index (Phi) is 5.10. The molecule has 1 aromatic rings. The van der Waals surface area contributed by atoms with E-state index in [0.717, 1.165) is 42.8 Å². The first-order valence-corrected chi connectivity index (χ1v) is 7.62. The molecule has 0 aromatic carbocycles. The number of carbonyl (C=O) groups is 1. The number of amides is 1. The summed E-state index contributed by atoms with van der Waals surface area (Å²) in [6, 6.07) is -0.114. The van der Waals surface area contributed by atoms with Crippen LogP contribution in [0.4, 0.5) is 0 Å². The molecule has 19 heavy (non-hydrogen) atoms. The van der Waals surface area contributed by atoms with Gasteiger partial charge >= 0.3 is 0 Å². The van der Waals surface area contributed by atoms with Crippen molar-refractivity contribution >= 4 is 23.3 Å². The molecule has 5 heteroatoms. The lowest BCUT2D eigenvalue weighted by Gasteiger charge is -2.20. The van der Waals surface area contributed by atoms with E-state index in [0.29, 0.717) is 0 Å². The van der Waals surface area contributed by atoms with E-state index in [-0.39, 0.29) is 11.9 Å². The third-order valence-corrected chi connectivity index (χ3v) is 4.14. The first-order valence-electron chi connectivity index (χ1n) is 6.74. The van der Waals surface area contributed by atoms with Crippen molar-refractivity contribution in [3.8, 4) is 0 Å². The number of aliphatic hydroxyl groups excluding tert-OH is 1. The van der Waals surface area contributed by atoms with E-state index in [1.807, 2.05) is 12.3 Å². The fourth-order valence-electron chi connectivity index (χ4n) is 2.31. The molecule has 1 aliphatic rings. The van der Waals surface area contributed by atoms with Crippen molar-refractivity contribution in [3.63, 3.8) is 0 Å². The van der Waals surface area contributed by atoms with Crippen LogP contribution >= 0.6 is 11.3 Å². The Hall–Kier alpha value is -1.20. The van der Waals surface area contributed by atoms with Crippen LogP contribution in [-0.4, -0.2) is 28.1 Å². The minimum absolute atomic E-state index is 0.114. The average molecular weight is 280 g/mol. The van der Waals surface area contributed by atoms with Crippen LogP contribution in [0.5, 0.6) is 0 Å². The van der Waals surface area contributed by atoms with Crippen molar-refractivity contribution in [1.29, 1.82) is 0 Å². The van der Waals surface area contributed by atoms with Gasteiger partial charge in [-0.05, 0) is 25.8 Å². The molecule has 1 aliphatic carbocycles. The van der Waals surface area contributed by atoms with Crippen LogP contribution in [0.3, 0.4) is 0 Å². The molecule has 1 aromatic heterocycles. The zero-order valence-electron chi connectivity index (χ0n) is 11.1. The molecule has 0 radical (unpaired) electrons. The molecule has 2 N–H and O–H groups in total. The number of rotatable bonds is 3. The van der Waals surface area contributed by atoms with Crippen LogP contribution in [0.25, 0.3) is 6.08 Å². The van der Waals surface area contributed by atoms with E-state index in [9.17, 15) is 9.90 Å². The summed E-state index contributed by atoms with van der Waals surface area (Å²) in [5.41, 5.74) is 0.805. The maximum atomic E-state index is 11.8. The normalized spacial score (nSPS) is 24.3. The Morgan fingerprint density at radius 1 is 1.47 bits per heavy atom. The van der Waals surface area contributed by atoms with E-state index < -0.39 is 6.10 Å². The van der Waals surface area contributed by atoms with Crippen LogP contribution < -0.4 is 5.32 Å². The predicted molar refractivity (Wildman–Crippen MR) is 76.9 cm³/mol. The zero-order chi connectivity index (χ0) is 13.7. The molecule has 104 valence electrons. The summed E-state index contributed by atoms with van der Waals surface area (Å²) in [4.78, 5) is 16.1. The van der Waals surface area contributed by atoms with E-state index in [4.69, 9.17) is 0 Å². The van der Waals surface area contributed by atoms with Crippen molar-refractivity contribution in [3.05, 3.63) is 22.2 Å². The fraction of sp³-hybridized carbons (Fsp3) is 0.571. The van der Waals surface area contributed by atoms with Gasteiger partial charge in [-0.1, -0.05) is 19.3 Å². The van der Waals surface area contributed by atoms with E-state index in [2.05, 4.69) is 10.3 Å². The van der Waals surface area contributed by atoms with Gasteiger partial charge < -0.3 is 10.4 Å². The SMILES string of the molecule is Cc1nc(/C=C/C(=O)NC2CCCCCC2O)cs1. The monoisotopic (exact) mass is 280 g/mol. The minimum Gasteiger partial charge on any atom is -0.391 e. The molecular weight excluding hydrogens is 260 g/mol. The summed E-state index contributed by atoms with van der Waals surface area (Å²) in [7, 11) is 0. The Labute approximate surface area is 117 Å². The Bertz CT molecular complexity index is 456. The van der Waals surface area contributed by atoms with Gasteiger partial charge in [-0.15, -0.1) is 11.3 Å². The van der Waals surface area contributed by atoms with Gasteiger partial charge in [0.15, 0.2) is 0 Å². The average Bonchev–Trinajstić information content (AvgIpc) is 2.69. The van der Waals surface area contributed by atoms with Crippen molar-refractivity contribution in [2.24, 2.45) is 0 Å². The van der Waals surface area contributed by atoms with Gasteiger partial charge in [-0.25, -0.2) is 4.98 Å². The number of nitrogens with one attached hydrogen (secondary N) is 1. The maximum absolute atomic E-state index is 11.8. The second-order valence-electron chi connectivity index (χ2n) is 4.95. The van der Waals surface area contributed by atoms with Crippen molar-refractivity contribution in [2.75, 3.05) is 0 Å². The van der Waals surface area contributed by atoms with Gasteiger partial charge in [0.25, 0.3) is 0 Å². The highest BCUT2D eigenvalue weighted by Crippen LogP contribution is 2.18. The number of aryl methyl sites for hydroxylation is 1. The molecule has 4 nitrogen and oxygen atoms in total. The number of hydrogen-bond acceptors (Lipinski definition) is 4. The summed E-state index contributed by atoms with van der Waals surface area (Å²) in [6.45, 7) is 1.93. The standard InChI is InChI=1S/C14H20N2O2S/c1-10-15-11(9-19-10)7-8-14(18)16-12-5-3-2-4-6-13(12)17/h7-9,12-13,17H,2-6H2,1H3,(H,16,18)/b8-7+. The molecular formula is C14H20N2O2S. The second-order valence-corrected chi connectivity index (χ2v) is 6.01. The largest absolute Gasteiger partial charge is 0.391 e. The number of nitrogens with zero attached hydrogens (tertiary/aromatic N) is 1. The van der Waals surface area contributed by atoms with Gasteiger partial charge in [0.2, 0.25) is 5.91 Å². The van der Waals surface area contributed by atoms with Gasteiger partial charge in [0, 0.05) is 11.5 Å². The summed E-state index contributed by atoms with van der Waals surface area (Å²) >= 11 is 1.56. The molecule has 1 heterocycles. The van der Waals surface area contributed by atoms with Gasteiger partial charge in [-0.2, -0.15) is 0 Å². The van der Waals surface area contributed by atoms with E-state index in [1.54, 1.807) is 17.4 Å². The van der Waals surface area contributed by atoms with Crippen molar-refractivity contribution < 1.29 is 9.90 Å².